The molecule has 0 saturated heterocycles. The molecule has 1 amide bonds. The topological polar surface area (TPSA) is 41.1 Å². The molecule has 18 heavy (non-hydrogen) atoms. The van der Waals surface area contributed by atoms with Crippen LogP contribution in [0, 0.1) is 17.5 Å². The number of carbonyl (C=O) groups excluding carboxylic acids is 1. The third kappa shape index (κ3) is 3.46. The van der Waals surface area contributed by atoms with E-state index in [0.717, 1.165) is 18.9 Å². The van der Waals surface area contributed by atoms with Crippen LogP contribution >= 0.6 is 0 Å². The standard InChI is InChI=1S/C12H13F3N2O/c13-7-5-9(14)12(15)10(6-7)17-11(18)3-4-16-8-1-2-8/h5-6,8,16H,1-4H2,(H,17,18). The summed E-state index contributed by atoms with van der Waals surface area (Å²) in [5, 5.41) is 5.26. The van der Waals surface area contributed by atoms with Crippen LogP contribution in [-0.4, -0.2) is 18.5 Å². The van der Waals surface area contributed by atoms with Crippen molar-refractivity contribution in [1.29, 1.82) is 0 Å². The van der Waals surface area contributed by atoms with Gasteiger partial charge in [0.1, 0.15) is 5.82 Å². The van der Waals surface area contributed by atoms with E-state index >= 15 is 0 Å². The Morgan fingerprint density at radius 1 is 1.28 bits per heavy atom. The van der Waals surface area contributed by atoms with E-state index in [0.29, 0.717) is 18.7 Å². The number of amides is 1. The lowest BCUT2D eigenvalue weighted by Crippen LogP contribution is -2.23. The molecule has 0 heterocycles. The maximum absolute atomic E-state index is 13.2. The zero-order valence-corrected chi connectivity index (χ0v) is 9.60. The molecule has 0 aromatic heterocycles. The molecule has 0 unspecified atom stereocenters. The second-order valence-corrected chi connectivity index (χ2v) is 4.28. The number of benzene rings is 1. The van der Waals surface area contributed by atoms with Gasteiger partial charge in [0.25, 0.3) is 0 Å². The lowest BCUT2D eigenvalue weighted by atomic mass is 10.2. The summed E-state index contributed by atoms with van der Waals surface area (Å²) >= 11 is 0. The SMILES string of the molecule is O=C(CCNC1CC1)Nc1cc(F)cc(F)c1F. The quantitative estimate of drug-likeness (QED) is 0.795. The van der Waals surface area contributed by atoms with E-state index in [1.807, 2.05) is 0 Å². The normalized spacial score (nSPS) is 14.6. The maximum Gasteiger partial charge on any atom is 0.225 e. The molecular formula is C12H13F3N2O. The van der Waals surface area contributed by atoms with E-state index in [2.05, 4.69) is 10.6 Å². The summed E-state index contributed by atoms with van der Waals surface area (Å²) in [5.74, 6) is -3.98. The minimum Gasteiger partial charge on any atom is -0.323 e. The van der Waals surface area contributed by atoms with Crippen LogP contribution in [0.4, 0.5) is 18.9 Å². The lowest BCUT2D eigenvalue weighted by Gasteiger charge is -2.07. The predicted molar refractivity (Wildman–Crippen MR) is 60.6 cm³/mol. The lowest BCUT2D eigenvalue weighted by molar-refractivity contribution is -0.116. The monoisotopic (exact) mass is 258 g/mol. The molecule has 2 N–H and O–H groups in total. The van der Waals surface area contributed by atoms with Gasteiger partial charge in [-0.1, -0.05) is 0 Å². The number of nitrogens with one attached hydrogen (secondary N) is 2. The van der Waals surface area contributed by atoms with E-state index in [-0.39, 0.29) is 6.42 Å². The van der Waals surface area contributed by atoms with Gasteiger partial charge in [-0.15, -0.1) is 0 Å². The van der Waals surface area contributed by atoms with Crippen LogP contribution in [0.15, 0.2) is 12.1 Å². The van der Waals surface area contributed by atoms with Crippen molar-refractivity contribution in [2.75, 3.05) is 11.9 Å². The molecule has 1 saturated carbocycles. The van der Waals surface area contributed by atoms with Gasteiger partial charge in [-0.2, -0.15) is 0 Å². The first-order valence-corrected chi connectivity index (χ1v) is 5.74. The highest BCUT2D eigenvalue weighted by Gasteiger charge is 2.20. The maximum atomic E-state index is 13.2. The van der Waals surface area contributed by atoms with E-state index in [9.17, 15) is 18.0 Å². The average molecular weight is 258 g/mol. The second kappa shape index (κ2) is 5.39. The van der Waals surface area contributed by atoms with E-state index in [1.165, 1.54) is 0 Å². The number of hydrogen-bond acceptors (Lipinski definition) is 2. The summed E-state index contributed by atoms with van der Waals surface area (Å²) in [6, 6.07) is 1.66. The molecule has 3 nitrogen and oxygen atoms in total. The Morgan fingerprint density at radius 2 is 2.00 bits per heavy atom. The number of rotatable bonds is 5. The van der Waals surface area contributed by atoms with Gasteiger partial charge in [0, 0.05) is 31.1 Å². The molecule has 98 valence electrons. The molecule has 0 radical (unpaired) electrons. The number of carbonyl (C=O) groups is 1. The minimum absolute atomic E-state index is 0.133. The highest BCUT2D eigenvalue weighted by Crippen LogP contribution is 2.20. The molecule has 0 aliphatic heterocycles. The van der Waals surface area contributed by atoms with Crippen LogP contribution in [0.2, 0.25) is 0 Å². The van der Waals surface area contributed by atoms with Gasteiger partial charge in [-0.05, 0) is 12.8 Å². The van der Waals surface area contributed by atoms with Crippen LogP contribution < -0.4 is 10.6 Å². The predicted octanol–water partition coefficient (Wildman–Crippen LogP) is 2.18. The number of anilines is 1. The van der Waals surface area contributed by atoms with Gasteiger partial charge in [-0.25, -0.2) is 13.2 Å². The van der Waals surface area contributed by atoms with Gasteiger partial charge < -0.3 is 10.6 Å². The zero-order valence-electron chi connectivity index (χ0n) is 9.60. The Morgan fingerprint density at radius 3 is 2.67 bits per heavy atom. The van der Waals surface area contributed by atoms with Crippen LogP contribution in [-0.2, 0) is 4.79 Å². The zero-order chi connectivity index (χ0) is 13.1. The van der Waals surface area contributed by atoms with Gasteiger partial charge >= 0.3 is 0 Å². The van der Waals surface area contributed by atoms with Crippen LogP contribution in [0.25, 0.3) is 0 Å². The summed E-state index contributed by atoms with van der Waals surface area (Å²) in [6.07, 6.45) is 2.34. The van der Waals surface area contributed by atoms with E-state index in [1.54, 1.807) is 0 Å². The molecule has 1 fully saturated rings. The van der Waals surface area contributed by atoms with Gasteiger partial charge in [-0.3, -0.25) is 4.79 Å². The van der Waals surface area contributed by atoms with Crippen LogP contribution in [0.3, 0.4) is 0 Å². The largest absolute Gasteiger partial charge is 0.323 e. The summed E-state index contributed by atoms with van der Waals surface area (Å²) in [6.45, 7) is 0.468. The Kier molecular flexibility index (Phi) is 3.86. The molecule has 1 aromatic rings. The Bertz CT molecular complexity index is 461. The summed E-state index contributed by atoms with van der Waals surface area (Å²) in [7, 11) is 0. The summed E-state index contributed by atoms with van der Waals surface area (Å²) < 4.78 is 39.0. The summed E-state index contributed by atoms with van der Waals surface area (Å²) in [5.41, 5.74) is -0.469. The highest BCUT2D eigenvalue weighted by molar-refractivity contribution is 5.90. The van der Waals surface area contributed by atoms with Gasteiger partial charge in [0.15, 0.2) is 11.6 Å². The first-order chi connectivity index (χ1) is 8.56. The van der Waals surface area contributed by atoms with Gasteiger partial charge in [0.2, 0.25) is 5.91 Å². The minimum atomic E-state index is -1.32. The number of hydrogen-bond donors (Lipinski definition) is 2. The third-order valence-electron chi connectivity index (χ3n) is 2.63. The molecule has 0 bridgehead atoms. The van der Waals surface area contributed by atoms with Crippen molar-refractivity contribution < 1.29 is 18.0 Å². The molecule has 0 atom stereocenters. The van der Waals surface area contributed by atoms with Crippen LogP contribution in [0.5, 0.6) is 0 Å². The third-order valence-corrected chi connectivity index (χ3v) is 2.63. The molecule has 0 spiro atoms. The van der Waals surface area contributed by atoms with Crippen molar-refractivity contribution in [2.45, 2.75) is 25.3 Å². The smallest absolute Gasteiger partial charge is 0.225 e. The van der Waals surface area contributed by atoms with Crippen molar-refractivity contribution in [1.82, 2.24) is 5.32 Å². The molecule has 1 aliphatic carbocycles. The Hall–Kier alpha value is -1.56. The molecule has 1 aromatic carbocycles. The fraction of sp³-hybridized carbons (Fsp3) is 0.417. The van der Waals surface area contributed by atoms with Crippen molar-refractivity contribution in [3.63, 3.8) is 0 Å². The Balaban J connectivity index is 1.89. The van der Waals surface area contributed by atoms with Crippen molar-refractivity contribution >= 4 is 11.6 Å². The van der Waals surface area contributed by atoms with Crippen molar-refractivity contribution in [2.24, 2.45) is 0 Å². The Labute approximate surface area is 102 Å². The first-order valence-electron chi connectivity index (χ1n) is 5.74. The average Bonchev–Trinajstić information content (AvgIpc) is 3.09. The molecule has 2 rings (SSSR count). The van der Waals surface area contributed by atoms with E-state index < -0.39 is 29.0 Å². The second-order valence-electron chi connectivity index (χ2n) is 4.28. The van der Waals surface area contributed by atoms with Crippen molar-refractivity contribution in [3.05, 3.63) is 29.6 Å². The fourth-order valence-electron chi connectivity index (χ4n) is 1.54. The molecule has 6 heteroatoms. The molecular weight excluding hydrogens is 245 g/mol. The van der Waals surface area contributed by atoms with Crippen molar-refractivity contribution in [3.8, 4) is 0 Å². The summed E-state index contributed by atoms with van der Waals surface area (Å²) in [4.78, 5) is 11.4. The number of halogens is 3. The highest BCUT2D eigenvalue weighted by atomic mass is 19.2. The first kappa shape index (κ1) is 12.9. The molecule has 1 aliphatic rings. The van der Waals surface area contributed by atoms with Crippen LogP contribution in [0.1, 0.15) is 19.3 Å². The van der Waals surface area contributed by atoms with Gasteiger partial charge in [0.05, 0.1) is 5.69 Å². The van der Waals surface area contributed by atoms with E-state index in [4.69, 9.17) is 0 Å². The fourth-order valence-corrected chi connectivity index (χ4v) is 1.54.